The molecule has 0 aliphatic heterocycles. The highest BCUT2D eigenvalue weighted by Crippen LogP contribution is 2.27. The zero-order valence-corrected chi connectivity index (χ0v) is 9.53. The first-order chi connectivity index (χ1) is 7.06. The molecule has 0 aliphatic rings. The summed E-state index contributed by atoms with van der Waals surface area (Å²) in [4.78, 5) is 11.1. The number of halogens is 1. The molecule has 0 fully saturated rings. The number of hydrogen-bond donors (Lipinski definition) is 1. The van der Waals surface area contributed by atoms with E-state index in [4.69, 9.17) is 0 Å². The van der Waals surface area contributed by atoms with Crippen molar-refractivity contribution < 1.29 is 14.3 Å². The zero-order valence-electron chi connectivity index (χ0n) is 8.71. The number of thioether (sulfide) groups is 1. The SMILES string of the molecule is CCSCc1cc(F)cc(C(C)=O)c1O. The monoisotopic (exact) mass is 228 g/mol. The summed E-state index contributed by atoms with van der Waals surface area (Å²) >= 11 is 1.57. The molecule has 0 saturated heterocycles. The van der Waals surface area contributed by atoms with E-state index in [1.807, 2.05) is 6.92 Å². The summed E-state index contributed by atoms with van der Waals surface area (Å²) in [6.45, 7) is 3.29. The highest BCUT2D eigenvalue weighted by Gasteiger charge is 2.13. The highest BCUT2D eigenvalue weighted by molar-refractivity contribution is 7.98. The summed E-state index contributed by atoms with van der Waals surface area (Å²) in [5.41, 5.74) is 0.536. The largest absolute Gasteiger partial charge is 0.507 e. The predicted octanol–water partition coefficient (Wildman–Crippen LogP) is 2.99. The lowest BCUT2D eigenvalue weighted by Crippen LogP contribution is -1.97. The van der Waals surface area contributed by atoms with Crippen LogP contribution in [0.15, 0.2) is 12.1 Å². The average Bonchev–Trinajstić information content (AvgIpc) is 2.18. The summed E-state index contributed by atoms with van der Waals surface area (Å²) in [5.74, 6) is 0.496. The molecule has 15 heavy (non-hydrogen) atoms. The van der Waals surface area contributed by atoms with Gasteiger partial charge in [-0.15, -0.1) is 0 Å². The molecule has 0 spiro atoms. The molecular formula is C11H13FO2S. The summed E-state index contributed by atoms with van der Waals surface area (Å²) in [6, 6.07) is 2.34. The second-order valence-electron chi connectivity index (χ2n) is 3.15. The molecule has 0 radical (unpaired) electrons. The van der Waals surface area contributed by atoms with Crippen molar-refractivity contribution in [2.45, 2.75) is 19.6 Å². The lowest BCUT2D eigenvalue weighted by Gasteiger charge is -2.07. The van der Waals surface area contributed by atoms with Crippen LogP contribution < -0.4 is 0 Å². The van der Waals surface area contributed by atoms with E-state index >= 15 is 0 Å². The molecular weight excluding hydrogens is 215 g/mol. The van der Waals surface area contributed by atoms with Crippen LogP contribution >= 0.6 is 11.8 Å². The molecule has 0 bridgehead atoms. The van der Waals surface area contributed by atoms with Crippen molar-refractivity contribution in [1.29, 1.82) is 0 Å². The first-order valence-electron chi connectivity index (χ1n) is 4.66. The molecule has 1 rings (SSSR count). The van der Waals surface area contributed by atoms with Crippen LogP contribution in [0.5, 0.6) is 5.75 Å². The van der Waals surface area contributed by atoms with Gasteiger partial charge in [-0.1, -0.05) is 6.92 Å². The highest BCUT2D eigenvalue weighted by atomic mass is 32.2. The Morgan fingerprint density at radius 2 is 2.20 bits per heavy atom. The van der Waals surface area contributed by atoms with E-state index in [-0.39, 0.29) is 17.1 Å². The topological polar surface area (TPSA) is 37.3 Å². The minimum atomic E-state index is -0.482. The van der Waals surface area contributed by atoms with Gasteiger partial charge in [0.2, 0.25) is 0 Å². The van der Waals surface area contributed by atoms with E-state index in [9.17, 15) is 14.3 Å². The second-order valence-corrected chi connectivity index (χ2v) is 4.43. The van der Waals surface area contributed by atoms with Crippen LogP contribution in [0.3, 0.4) is 0 Å². The van der Waals surface area contributed by atoms with Gasteiger partial charge < -0.3 is 5.11 Å². The average molecular weight is 228 g/mol. The zero-order chi connectivity index (χ0) is 11.4. The third-order valence-electron chi connectivity index (χ3n) is 1.99. The van der Waals surface area contributed by atoms with Gasteiger partial charge in [0.25, 0.3) is 0 Å². The fourth-order valence-electron chi connectivity index (χ4n) is 1.25. The van der Waals surface area contributed by atoms with Crippen molar-refractivity contribution in [3.63, 3.8) is 0 Å². The van der Waals surface area contributed by atoms with Crippen LogP contribution in [0.4, 0.5) is 4.39 Å². The number of rotatable bonds is 4. The van der Waals surface area contributed by atoms with Crippen molar-refractivity contribution in [1.82, 2.24) is 0 Å². The van der Waals surface area contributed by atoms with Gasteiger partial charge in [-0.25, -0.2) is 4.39 Å². The lowest BCUT2D eigenvalue weighted by molar-refractivity contribution is 0.101. The van der Waals surface area contributed by atoms with Gasteiger partial charge >= 0.3 is 0 Å². The Labute approximate surface area is 92.5 Å². The van der Waals surface area contributed by atoms with Gasteiger partial charge in [0, 0.05) is 11.3 Å². The molecule has 82 valence electrons. The van der Waals surface area contributed by atoms with Gasteiger partial charge in [-0.3, -0.25) is 4.79 Å². The van der Waals surface area contributed by atoms with E-state index in [0.29, 0.717) is 11.3 Å². The van der Waals surface area contributed by atoms with E-state index in [1.54, 1.807) is 11.8 Å². The Kier molecular flexibility index (Phi) is 4.15. The van der Waals surface area contributed by atoms with Crippen LogP contribution in [-0.4, -0.2) is 16.6 Å². The summed E-state index contributed by atoms with van der Waals surface area (Å²) in [5, 5.41) is 9.71. The number of ketones is 1. The molecule has 0 aromatic heterocycles. The first-order valence-corrected chi connectivity index (χ1v) is 5.81. The summed E-state index contributed by atoms with van der Waals surface area (Å²) < 4.78 is 13.1. The molecule has 0 atom stereocenters. The van der Waals surface area contributed by atoms with E-state index < -0.39 is 5.82 Å². The van der Waals surface area contributed by atoms with Crippen molar-refractivity contribution in [3.8, 4) is 5.75 Å². The van der Waals surface area contributed by atoms with Crippen LogP contribution in [0.2, 0.25) is 0 Å². The third kappa shape index (κ3) is 2.96. The van der Waals surface area contributed by atoms with Gasteiger partial charge in [-0.05, 0) is 24.8 Å². The summed E-state index contributed by atoms with van der Waals surface area (Å²) in [7, 11) is 0. The maximum Gasteiger partial charge on any atom is 0.163 e. The number of hydrogen-bond acceptors (Lipinski definition) is 3. The molecule has 0 unspecified atom stereocenters. The Morgan fingerprint density at radius 1 is 1.53 bits per heavy atom. The standard InChI is InChI=1S/C11H13FO2S/c1-3-15-6-8-4-9(12)5-10(7(2)13)11(8)14/h4-5,14H,3,6H2,1-2H3. The van der Waals surface area contributed by atoms with Crippen LogP contribution in [0, 0.1) is 5.82 Å². The van der Waals surface area contributed by atoms with Crippen molar-refractivity contribution in [3.05, 3.63) is 29.1 Å². The number of aromatic hydroxyl groups is 1. The van der Waals surface area contributed by atoms with Crippen molar-refractivity contribution in [2.75, 3.05) is 5.75 Å². The minimum absolute atomic E-state index is 0.0571. The second kappa shape index (κ2) is 5.16. The van der Waals surface area contributed by atoms with Crippen LogP contribution in [-0.2, 0) is 5.75 Å². The maximum atomic E-state index is 13.1. The first kappa shape index (κ1) is 12.0. The Morgan fingerprint density at radius 3 is 2.73 bits per heavy atom. The Balaban J connectivity index is 3.10. The predicted molar refractivity (Wildman–Crippen MR) is 59.9 cm³/mol. The van der Waals surface area contributed by atoms with E-state index in [2.05, 4.69) is 0 Å². The van der Waals surface area contributed by atoms with Gasteiger partial charge in [-0.2, -0.15) is 11.8 Å². The smallest absolute Gasteiger partial charge is 0.163 e. The lowest BCUT2D eigenvalue weighted by atomic mass is 10.1. The number of carbonyl (C=O) groups excluding carboxylic acids is 1. The van der Waals surface area contributed by atoms with Crippen molar-refractivity contribution >= 4 is 17.5 Å². The molecule has 1 N–H and O–H groups in total. The molecule has 1 aromatic carbocycles. The number of Topliss-reactive ketones (excluding diaryl/α,β-unsaturated/α-hetero) is 1. The maximum absolute atomic E-state index is 13.1. The fourth-order valence-corrected chi connectivity index (χ4v) is 1.89. The van der Waals surface area contributed by atoms with Gasteiger partial charge in [0.1, 0.15) is 11.6 Å². The Bertz CT molecular complexity index is 377. The third-order valence-corrected chi connectivity index (χ3v) is 2.92. The summed E-state index contributed by atoms with van der Waals surface area (Å²) in [6.07, 6.45) is 0. The minimum Gasteiger partial charge on any atom is -0.507 e. The van der Waals surface area contributed by atoms with Gasteiger partial charge in [0.05, 0.1) is 5.56 Å². The number of phenols is 1. The Hall–Kier alpha value is -1.03. The molecule has 2 nitrogen and oxygen atoms in total. The molecule has 0 amide bonds. The van der Waals surface area contributed by atoms with E-state index in [1.165, 1.54) is 13.0 Å². The molecule has 0 aliphatic carbocycles. The number of phenolic OH excluding ortho intramolecular Hbond substituents is 1. The number of carbonyl (C=O) groups is 1. The molecule has 0 saturated carbocycles. The van der Waals surface area contributed by atoms with E-state index in [0.717, 1.165) is 11.8 Å². The molecule has 1 aromatic rings. The van der Waals surface area contributed by atoms with Crippen LogP contribution in [0.25, 0.3) is 0 Å². The fraction of sp³-hybridized carbons (Fsp3) is 0.364. The molecule has 4 heteroatoms. The van der Waals surface area contributed by atoms with Crippen LogP contribution in [0.1, 0.15) is 29.8 Å². The van der Waals surface area contributed by atoms with Crippen molar-refractivity contribution in [2.24, 2.45) is 0 Å². The quantitative estimate of drug-likeness (QED) is 0.805. The normalized spacial score (nSPS) is 10.3. The number of benzene rings is 1. The van der Waals surface area contributed by atoms with Gasteiger partial charge in [0.15, 0.2) is 5.78 Å². The molecule has 0 heterocycles.